The highest BCUT2D eigenvalue weighted by Gasteiger charge is 2.29. The van der Waals surface area contributed by atoms with E-state index in [1.165, 1.54) is 30.3 Å². The molecule has 10 nitrogen and oxygen atoms in total. The van der Waals surface area contributed by atoms with E-state index < -0.39 is 46.5 Å². The van der Waals surface area contributed by atoms with E-state index in [0.29, 0.717) is 0 Å². The Balaban J connectivity index is 1.50. The Hall–Kier alpha value is -4.74. The summed E-state index contributed by atoms with van der Waals surface area (Å²) in [6, 6.07) is 25.9. The third-order valence-corrected chi connectivity index (χ3v) is 7.76. The van der Waals surface area contributed by atoms with Gasteiger partial charge in [0.05, 0.1) is 17.5 Å². The molecule has 0 saturated heterocycles. The Labute approximate surface area is 243 Å². The Bertz CT molecular complexity index is 1680. The Morgan fingerprint density at radius 3 is 2.31 bits per heavy atom. The molecule has 0 saturated carbocycles. The summed E-state index contributed by atoms with van der Waals surface area (Å²) in [5, 5.41) is 17.5. The summed E-state index contributed by atoms with van der Waals surface area (Å²) >= 11 is 0. The van der Waals surface area contributed by atoms with Gasteiger partial charge in [0.1, 0.15) is 6.54 Å². The van der Waals surface area contributed by atoms with Gasteiger partial charge in [0.2, 0.25) is 0 Å². The Kier molecular flexibility index (Phi) is 9.89. The molecule has 0 aliphatic rings. The molecule has 0 bridgehead atoms. The number of carbonyl (C=O) groups excluding carboxylic acids is 3. The molecule has 0 aromatic heterocycles. The van der Waals surface area contributed by atoms with E-state index in [9.17, 15) is 27.9 Å². The smallest absolute Gasteiger partial charge is 0.325 e. The van der Waals surface area contributed by atoms with Gasteiger partial charge in [-0.1, -0.05) is 66.7 Å². The fourth-order valence-electron chi connectivity index (χ4n) is 4.29. The van der Waals surface area contributed by atoms with Crippen LogP contribution in [0.2, 0.25) is 0 Å². The van der Waals surface area contributed by atoms with Gasteiger partial charge in [-0.15, -0.1) is 0 Å². The zero-order valence-corrected chi connectivity index (χ0v) is 23.6. The molecule has 0 fully saturated rings. The summed E-state index contributed by atoms with van der Waals surface area (Å²) in [5.41, 5.74) is 1.01. The van der Waals surface area contributed by atoms with Crippen LogP contribution < -0.4 is 15.4 Å². The number of ether oxygens (including phenoxy) is 1. The monoisotopic (exact) mass is 589 g/mol. The first kappa shape index (κ1) is 30.2. The zero-order valence-electron chi connectivity index (χ0n) is 22.8. The van der Waals surface area contributed by atoms with Crippen LogP contribution in [0.1, 0.15) is 22.8 Å². The molecule has 218 valence electrons. The predicted octanol–water partition coefficient (Wildman–Crippen LogP) is 3.02. The number of fused-ring (bicyclic) bond motifs is 1. The second-order valence-corrected chi connectivity index (χ2v) is 11.1. The molecule has 4 rings (SSSR count). The van der Waals surface area contributed by atoms with E-state index in [4.69, 9.17) is 4.74 Å². The largest absolute Gasteiger partial charge is 0.465 e. The second-order valence-electron chi connectivity index (χ2n) is 9.43. The fourth-order valence-corrected chi connectivity index (χ4v) is 5.38. The number of benzene rings is 4. The standard InChI is InChI=1S/C31H31N3O7S/c1-2-41-28(35)20-32-31(38)29(36)27(17-21-9-4-3-5-10-21)33-30(37)24-13-8-14-25(18-24)34-42(39,40)26-16-15-22-11-6-7-12-23(22)19-26/h3-16,18-19,27,29,34,36H,2,17,20H2,1H3,(H,32,38)(H,33,37)/t27?,29-/m0/s1. The van der Waals surface area contributed by atoms with Crippen molar-refractivity contribution in [1.82, 2.24) is 10.6 Å². The van der Waals surface area contributed by atoms with Crippen molar-refractivity contribution in [2.24, 2.45) is 0 Å². The van der Waals surface area contributed by atoms with Crippen molar-refractivity contribution in [2.75, 3.05) is 17.9 Å². The highest BCUT2D eigenvalue weighted by Crippen LogP contribution is 2.22. The molecule has 4 aromatic carbocycles. The first-order valence-corrected chi connectivity index (χ1v) is 14.7. The van der Waals surface area contributed by atoms with Crippen LogP contribution in [0.25, 0.3) is 10.8 Å². The number of hydrogen-bond acceptors (Lipinski definition) is 7. The number of aliphatic hydroxyl groups excluding tert-OH is 1. The SMILES string of the molecule is CCOC(=O)CNC(=O)[C@@H](O)C(Cc1ccccc1)NC(=O)c1cccc(NS(=O)(=O)c2ccc3ccccc3c2)c1. The minimum Gasteiger partial charge on any atom is -0.465 e. The van der Waals surface area contributed by atoms with Crippen LogP contribution in [0.4, 0.5) is 5.69 Å². The minimum atomic E-state index is -3.97. The topological polar surface area (TPSA) is 151 Å². The van der Waals surface area contributed by atoms with Gasteiger partial charge in [0, 0.05) is 11.3 Å². The number of carbonyl (C=O) groups is 3. The van der Waals surface area contributed by atoms with E-state index in [2.05, 4.69) is 15.4 Å². The predicted molar refractivity (Wildman–Crippen MR) is 158 cm³/mol. The summed E-state index contributed by atoms with van der Waals surface area (Å²) in [4.78, 5) is 37.6. The van der Waals surface area contributed by atoms with Crippen molar-refractivity contribution in [3.05, 3.63) is 108 Å². The van der Waals surface area contributed by atoms with E-state index in [1.54, 1.807) is 43.3 Å². The van der Waals surface area contributed by atoms with E-state index in [-0.39, 0.29) is 29.2 Å². The van der Waals surface area contributed by atoms with Crippen molar-refractivity contribution >= 4 is 44.3 Å². The third kappa shape index (κ3) is 7.93. The molecule has 0 aliphatic heterocycles. The number of esters is 1. The highest BCUT2D eigenvalue weighted by atomic mass is 32.2. The number of aliphatic hydroxyl groups is 1. The van der Waals surface area contributed by atoms with Crippen molar-refractivity contribution in [2.45, 2.75) is 30.4 Å². The minimum absolute atomic E-state index is 0.0657. The first-order chi connectivity index (χ1) is 20.2. The van der Waals surface area contributed by atoms with Gasteiger partial charge < -0.3 is 20.5 Å². The number of nitrogens with one attached hydrogen (secondary N) is 3. The molecular weight excluding hydrogens is 558 g/mol. The summed E-state index contributed by atoms with van der Waals surface area (Å²) < 4.78 is 33.5. The second kappa shape index (κ2) is 13.7. The van der Waals surface area contributed by atoms with Crippen LogP contribution in [0.15, 0.2) is 102 Å². The van der Waals surface area contributed by atoms with Crippen molar-refractivity contribution in [3.63, 3.8) is 0 Å². The molecule has 4 aromatic rings. The van der Waals surface area contributed by atoms with Gasteiger partial charge in [0.15, 0.2) is 6.10 Å². The summed E-state index contributed by atoms with van der Waals surface area (Å²) in [5.74, 6) is -2.16. The molecule has 0 heterocycles. The van der Waals surface area contributed by atoms with Gasteiger partial charge >= 0.3 is 5.97 Å². The van der Waals surface area contributed by atoms with Gasteiger partial charge in [-0.3, -0.25) is 19.1 Å². The van der Waals surface area contributed by atoms with Gasteiger partial charge in [-0.05, 0) is 60.0 Å². The van der Waals surface area contributed by atoms with Crippen LogP contribution >= 0.6 is 0 Å². The summed E-state index contributed by atoms with van der Waals surface area (Å²) in [6.07, 6.45) is -1.59. The van der Waals surface area contributed by atoms with Crippen LogP contribution in [-0.2, 0) is 30.8 Å². The molecular formula is C31H31N3O7S. The molecule has 2 atom stereocenters. The lowest BCUT2D eigenvalue weighted by molar-refractivity contribution is -0.144. The maximum atomic E-state index is 13.3. The lowest BCUT2D eigenvalue weighted by atomic mass is 10.00. The van der Waals surface area contributed by atoms with E-state index >= 15 is 0 Å². The Morgan fingerprint density at radius 1 is 0.857 bits per heavy atom. The van der Waals surface area contributed by atoms with Gasteiger partial charge in [-0.2, -0.15) is 0 Å². The van der Waals surface area contributed by atoms with Crippen molar-refractivity contribution in [3.8, 4) is 0 Å². The summed E-state index contributed by atoms with van der Waals surface area (Å²) in [6.45, 7) is 1.33. The van der Waals surface area contributed by atoms with E-state index in [0.717, 1.165) is 16.3 Å². The van der Waals surface area contributed by atoms with E-state index in [1.807, 2.05) is 30.3 Å². The average Bonchev–Trinajstić information content (AvgIpc) is 2.99. The number of hydrogen-bond donors (Lipinski definition) is 4. The molecule has 1 unspecified atom stereocenters. The van der Waals surface area contributed by atoms with Gasteiger partial charge in [-0.25, -0.2) is 8.42 Å². The van der Waals surface area contributed by atoms with Crippen molar-refractivity contribution in [1.29, 1.82) is 0 Å². The highest BCUT2D eigenvalue weighted by molar-refractivity contribution is 7.92. The first-order valence-electron chi connectivity index (χ1n) is 13.2. The molecule has 11 heteroatoms. The molecule has 42 heavy (non-hydrogen) atoms. The van der Waals surface area contributed by atoms with Crippen LogP contribution in [0.5, 0.6) is 0 Å². The molecule has 0 spiro atoms. The number of amides is 2. The molecule has 0 radical (unpaired) electrons. The maximum Gasteiger partial charge on any atom is 0.325 e. The number of rotatable bonds is 12. The van der Waals surface area contributed by atoms with Crippen LogP contribution in [-0.4, -0.2) is 56.6 Å². The van der Waals surface area contributed by atoms with Crippen LogP contribution in [0, 0.1) is 0 Å². The summed E-state index contributed by atoms with van der Waals surface area (Å²) in [7, 11) is -3.97. The fraction of sp³-hybridized carbons (Fsp3) is 0.194. The molecule has 2 amide bonds. The normalized spacial score (nSPS) is 12.6. The lowest BCUT2D eigenvalue weighted by Crippen LogP contribution is -2.52. The third-order valence-electron chi connectivity index (χ3n) is 6.39. The average molecular weight is 590 g/mol. The lowest BCUT2D eigenvalue weighted by Gasteiger charge is -2.24. The number of sulfonamides is 1. The maximum absolute atomic E-state index is 13.3. The molecule has 0 aliphatic carbocycles. The van der Waals surface area contributed by atoms with Gasteiger partial charge in [0.25, 0.3) is 21.8 Å². The molecule has 4 N–H and O–H groups in total. The van der Waals surface area contributed by atoms with Crippen molar-refractivity contribution < 1.29 is 32.6 Å². The quantitative estimate of drug-likeness (QED) is 0.186. The number of anilines is 1. The zero-order chi connectivity index (χ0) is 30.1. The van der Waals surface area contributed by atoms with Crippen LogP contribution in [0.3, 0.4) is 0 Å². The Morgan fingerprint density at radius 2 is 1.57 bits per heavy atom.